The predicted molar refractivity (Wildman–Crippen MR) is 62.7 cm³/mol. The number of nitrogens with one attached hydrogen (secondary N) is 2. The first kappa shape index (κ1) is 12.3. The Labute approximate surface area is 102 Å². The first-order valence-electron chi connectivity index (χ1n) is 5.56. The Morgan fingerprint density at radius 1 is 1.50 bits per heavy atom. The Bertz CT molecular complexity index is 492. The molecule has 0 saturated carbocycles. The molecule has 0 aliphatic carbocycles. The molecule has 0 aromatic heterocycles. The molecule has 1 aromatic rings. The fraction of sp³-hybridized carbons (Fsp3) is 0.364. The van der Waals surface area contributed by atoms with E-state index in [1.165, 1.54) is 6.07 Å². The van der Waals surface area contributed by atoms with Crippen molar-refractivity contribution in [1.82, 2.24) is 5.32 Å². The lowest BCUT2D eigenvalue weighted by molar-refractivity contribution is -0.384. The van der Waals surface area contributed by atoms with Crippen LogP contribution in [0.3, 0.4) is 0 Å². The maximum absolute atomic E-state index is 13.0. The van der Waals surface area contributed by atoms with Crippen LogP contribution < -0.4 is 10.6 Å². The van der Waals surface area contributed by atoms with Crippen molar-refractivity contribution in [1.29, 1.82) is 0 Å². The molecule has 1 heterocycles. The summed E-state index contributed by atoms with van der Waals surface area (Å²) in [7, 11) is 0. The van der Waals surface area contributed by atoms with Crippen molar-refractivity contribution in [2.45, 2.75) is 18.9 Å². The van der Waals surface area contributed by atoms with Crippen molar-refractivity contribution in [3.63, 3.8) is 0 Å². The summed E-state index contributed by atoms with van der Waals surface area (Å²) in [4.78, 5) is 21.7. The van der Waals surface area contributed by atoms with E-state index in [1.807, 2.05) is 0 Å². The molecular formula is C11H12FN3O3. The Morgan fingerprint density at radius 3 is 2.94 bits per heavy atom. The third-order valence-electron chi connectivity index (χ3n) is 2.77. The molecule has 96 valence electrons. The number of benzene rings is 1. The maximum atomic E-state index is 13.0. The number of nitro benzene ring substituents is 1. The van der Waals surface area contributed by atoms with Gasteiger partial charge in [-0.3, -0.25) is 14.9 Å². The zero-order valence-electron chi connectivity index (χ0n) is 9.48. The molecule has 0 bridgehead atoms. The van der Waals surface area contributed by atoms with Gasteiger partial charge in [0, 0.05) is 6.54 Å². The van der Waals surface area contributed by atoms with Crippen molar-refractivity contribution in [2.24, 2.45) is 0 Å². The molecule has 1 atom stereocenters. The van der Waals surface area contributed by atoms with E-state index in [-0.39, 0.29) is 17.3 Å². The number of carbonyl (C=O) groups is 1. The molecule has 0 spiro atoms. The summed E-state index contributed by atoms with van der Waals surface area (Å²) < 4.78 is 13.0. The highest BCUT2D eigenvalue weighted by atomic mass is 19.1. The SMILES string of the molecule is O=C1NCCCC1Nc1ccc(F)cc1[N+](=O)[O-]. The van der Waals surface area contributed by atoms with Gasteiger partial charge in [-0.05, 0) is 25.0 Å². The summed E-state index contributed by atoms with van der Waals surface area (Å²) >= 11 is 0. The summed E-state index contributed by atoms with van der Waals surface area (Å²) in [6, 6.07) is 2.72. The first-order valence-corrected chi connectivity index (χ1v) is 5.56. The highest BCUT2D eigenvalue weighted by Gasteiger charge is 2.24. The van der Waals surface area contributed by atoms with Crippen LogP contribution >= 0.6 is 0 Å². The second-order valence-electron chi connectivity index (χ2n) is 4.05. The average Bonchev–Trinajstić information content (AvgIpc) is 2.34. The fourth-order valence-corrected chi connectivity index (χ4v) is 1.88. The zero-order valence-corrected chi connectivity index (χ0v) is 9.48. The van der Waals surface area contributed by atoms with Crippen LogP contribution in [0.25, 0.3) is 0 Å². The lowest BCUT2D eigenvalue weighted by Gasteiger charge is -2.23. The monoisotopic (exact) mass is 253 g/mol. The molecule has 2 rings (SSSR count). The summed E-state index contributed by atoms with van der Waals surface area (Å²) in [6.07, 6.45) is 1.40. The Balaban J connectivity index is 2.22. The van der Waals surface area contributed by atoms with Gasteiger partial charge in [0.1, 0.15) is 17.5 Å². The van der Waals surface area contributed by atoms with Gasteiger partial charge in [-0.25, -0.2) is 4.39 Å². The molecule has 6 nitrogen and oxygen atoms in total. The number of nitrogens with zero attached hydrogens (tertiary/aromatic N) is 1. The molecule has 2 N–H and O–H groups in total. The van der Waals surface area contributed by atoms with Crippen LogP contribution in [0.1, 0.15) is 12.8 Å². The van der Waals surface area contributed by atoms with Crippen LogP contribution in [0, 0.1) is 15.9 Å². The quantitative estimate of drug-likeness (QED) is 0.630. The molecule has 1 amide bonds. The van der Waals surface area contributed by atoms with Crippen LogP contribution in [-0.4, -0.2) is 23.4 Å². The number of hydrogen-bond donors (Lipinski definition) is 2. The molecule has 1 saturated heterocycles. The number of anilines is 1. The van der Waals surface area contributed by atoms with E-state index >= 15 is 0 Å². The minimum Gasteiger partial charge on any atom is -0.368 e. The zero-order chi connectivity index (χ0) is 13.1. The van der Waals surface area contributed by atoms with Gasteiger partial charge in [0.05, 0.1) is 11.0 Å². The Hall–Kier alpha value is -2.18. The minimum absolute atomic E-state index is 0.156. The van der Waals surface area contributed by atoms with Crippen molar-refractivity contribution in [2.75, 3.05) is 11.9 Å². The number of carbonyl (C=O) groups excluding carboxylic acids is 1. The third kappa shape index (κ3) is 2.55. The first-order chi connectivity index (χ1) is 8.58. The summed E-state index contributed by atoms with van der Waals surface area (Å²) in [5.41, 5.74) is -0.211. The average molecular weight is 253 g/mol. The number of hydrogen-bond acceptors (Lipinski definition) is 4. The lowest BCUT2D eigenvalue weighted by atomic mass is 10.1. The topological polar surface area (TPSA) is 84.3 Å². The van der Waals surface area contributed by atoms with Gasteiger partial charge in [0.2, 0.25) is 5.91 Å². The van der Waals surface area contributed by atoms with Crippen LogP contribution in [0.4, 0.5) is 15.8 Å². The van der Waals surface area contributed by atoms with Gasteiger partial charge < -0.3 is 10.6 Å². The van der Waals surface area contributed by atoms with Gasteiger partial charge in [-0.15, -0.1) is 0 Å². The molecule has 1 fully saturated rings. The van der Waals surface area contributed by atoms with E-state index in [1.54, 1.807) is 0 Å². The second-order valence-corrected chi connectivity index (χ2v) is 4.05. The highest BCUT2D eigenvalue weighted by molar-refractivity contribution is 5.86. The van der Waals surface area contributed by atoms with Gasteiger partial charge in [-0.1, -0.05) is 0 Å². The van der Waals surface area contributed by atoms with Gasteiger partial charge in [0.15, 0.2) is 0 Å². The Kier molecular flexibility index (Phi) is 3.40. The summed E-state index contributed by atoms with van der Waals surface area (Å²) in [5.74, 6) is -0.875. The summed E-state index contributed by atoms with van der Waals surface area (Å²) in [6.45, 7) is 0.614. The van der Waals surface area contributed by atoms with E-state index in [9.17, 15) is 19.3 Å². The normalized spacial score (nSPS) is 19.2. The predicted octanol–water partition coefficient (Wildman–Crippen LogP) is 1.42. The van der Waals surface area contributed by atoms with E-state index in [4.69, 9.17) is 0 Å². The molecule has 7 heteroatoms. The molecule has 0 radical (unpaired) electrons. The van der Waals surface area contributed by atoms with Gasteiger partial charge in [0.25, 0.3) is 5.69 Å². The van der Waals surface area contributed by atoms with Crippen molar-refractivity contribution < 1.29 is 14.1 Å². The molecule has 1 aliphatic rings. The van der Waals surface area contributed by atoms with E-state index in [2.05, 4.69) is 10.6 Å². The number of rotatable bonds is 3. The lowest BCUT2D eigenvalue weighted by Crippen LogP contribution is -2.44. The molecule has 1 aromatic carbocycles. The van der Waals surface area contributed by atoms with Crippen LogP contribution in [0.5, 0.6) is 0 Å². The second kappa shape index (κ2) is 4.99. The van der Waals surface area contributed by atoms with E-state index in [0.717, 1.165) is 18.6 Å². The maximum Gasteiger partial charge on any atom is 0.295 e. The highest BCUT2D eigenvalue weighted by Crippen LogP contribution is 2.26. The van der Waals surface area contributed by atoms with E-state index < -0.39 is 16.8 Å². The molecule has 18 heavy (non-hydrogen) atoms. The van der Waals surface area contributed by atoms with Gasteiger partial charge in [-0.2, -0.15) is 0 Å². The molecule has 1 aliphatic heterocycles. The van der Waals surface area contributed by atoms with Crippen LogP contribution in [0.2, 0.25) is 0 Å². The number of amides is 1. The summed E-state index contributed by atoms with van der Waals surface area (Å²) in [5, 5.41) is 16.2. The van der Waals surface area contributed by atoms with Gasteiger partial charge >= 0.3 is 0 Å². The third-order valence-corrected chi connectivity index (χ3v) is 2.77. The fourth-order valence-electron chi connectivity index (χ4n) is 1.88. The number of piperidine rings is 1. The number of halogens is 1. The molecular weight excluding hydrogens is 241 g/mol. The number of nitro groups is 1. The van der Waals surface area contributed by atoms with Crippen molar-refractivity contribution >= 4 is 17.3 Å². The molecule has 1 unspecified atom stereocenters. The Morgan fingerprint density at radius 2 is 2.28 bits per heavy atom. The van der Waals surface area contributed by atoms with Crippen molar-refractivity contribution in [3.05, 3.63) is 34.1 Å². The van der Waals surface area contributed by atoms with Crippen LogP contribution in [0.15, 0.2) is 18.2 Å². The van der Waals surface area contributed by atoms with Crippen molar-refractivity contribution in [3.8, 4) is 0 Å². The largest absolute Gasteiger partial charge is 0.368 e. The van der Waals surface area contributed by atoms with Crippen LogP contribution in [-0.2, 0) is 4.79 Å². The standard InChI is InChI=1S/C11H12FN3O3/c12-7-3-4-8(10(6-7)15(17)18)14-9-2-1-5-13-11(9)16/h3-4,6,9,14H,1-2,5H2,(H,13,16). The van der Waals surface area contributed by atoms with E-state index in [0.29, 0.717) is 13.0 Å². The smallest absolute Gasteiger partial charge is 0.295 e. The minimum atomic E-state index is -0.680.